The van der Waals surface area contributed by atoms with Crippen LogP contribution < -0.4 is 10.9 Å². The summed E-state index contributed by atoms with van der Waals surface area (Å²) in [5.41, 5.74) is 2.46. The zero-order valence-electron chi connectivity index (χ0n) is 18.0. The number of carbonyl (C=O) groups excluding carboxylic acids is 1. The van der Waals surface area contributed by atoms with E-state index in [-0.39, 0.29) is 22.1 Å². The number of nitrogens with zero attached hydrogens (tertiary/aromatic N) is 2. The van der Waals surface area contributed by atoms with E-state index in [1.807, 2.05) is 37.3 Å². The maximum Gasteiger partial charge on any atom is 0.266 e. The van der Waals surface area contributed by atoms with E-state index in [1.165, 1.54) is 28.8 Å². The predicted octanol–water partition coefficient (Wildman–Crippen LogP) is 3.83. The number of hydrogen-bond donors (Lipinski definition) is 1. The number of amides is 1. The Labute approximate surface area is 195 Å². The number of sulfone groups is 1. The average Bonchev–Trinajstić information content (AvgIpc) is 2.78. The molecule has 9 heteroatoms. The summed E-state index contributed by atoms with van der Waals surface area (Å²) in [6, 6.07) is 20.6. The summed E-state index contributed by atoms with van der Waals surface area (Å²) < 4.78 is 24.7. The first-order chi connectivity index (χ1) is 15.7. The molecule has 0 bridgehead atoms. The lowest BCUT2D eigenvalue weighted by Gasteiger charge is -2.15. The molecule has 0 aliphatic rings. The van der Waals surface area contributed by atoms with E-state index in [0.717, 1.165) is 23.6 Å². The first-order valence-corrected chi connectivity index (χ1v) is 12.9. The first kappa shape index (κ1) is 22.8. The summed E-state index contributed by atoms with van der Waals surface area (Å²) in [5, 5.41) is 3.66. The van der Waals surface area contributed by atoms with Crippen molar-refractivity contribution >= 4 is 44.1 Å². The van der Waals surface area contributed by atoms with Crippen molar-refractivity contribution in [2.45, 2.75) is 17.0 Å². The molecule has 0 aliphatic carbocycles. The number of aryl methyl sites for hydroxylation is 1. The molecule has 0 saturated heterocycles. The van der Waals surface area contributed by atoms with Crippen molar-refractivity contribution in [1.82, 2.24) is 9.55 Å². The Morgan fingerprint density at radius 1 is 1.00 bits per heavy atom. The van der Waals surface area contributed by atoms with Crippen LogP contribution in [0.15, 0.2) is 87.6 Å². The highest BCUT2D eigenvalue weighted by Crippen LogP contribution is 2.23. The minimum atomic E-state index is -3.31. The second kappa shape index (κ2) is 9.21. The molecule has 1 N–H and O–H groups in total. The van der Waals surface area contributed by atoms with Gasteiger partial charge in [0.1, 0.15) is 0 Å². The lowest BCUT2D eigenvalue weighted by Crippen LogP contribution is -2.23. The second-order valence-electron chi connectivity index (χ2n) is 7.47. The molecule has 0 atom stereocenters. The number of fused-ring (bicyclic) bond motifs is 1. The molecule has 1 aromatic heterocycles. The summed E-state index contributed by atoms with van der Waals surface area (Å²) >= 11 is 1.16. The van der Waals surface area contributed by atoms with Crippen LogP contribution in [0.5, 0.6) is 0 Å². The van der Waals surface area contributed by atoms with E-state index < -0.39 is 9.84 Å². The molecular weight excluding hydrogens is 458 g/mol. The molecule has 1 heterocycles. The number of aromatic nitrogens is 2. The van der Waals surface area contributed by atoms with E-state index in [0.29, 0.717) is 27.4 Å². The van der Waals surface area contributed by atoms with Crippen molar-refractivity contribution in [3.05, 3.63) is 88.7 Å². The van der Waals surface area contributed by atoms with Crippen LogP contribution in [0.3, 0.4) is 0 Å². The Kier molecular flexibility index (Phi) is 6.35. The zero-order valence-corrected chi connectivity index (χ0v) is 19.6. The number of rotatable bonds is 6. The SMILES string of the molecule is Cc1ccccc1-n1c(SCC(=O)Nc2ccc(S(C)(=O)=O)cc2)nc2ccccc2c1=O. The Morgan fingerprint density at radius 2 is 1.67 bits per heavy atom. The van der Waals surface area contributed by atoms with Gasteiger partial charge in [0.15, 0.2) is 15.0 Å². The van der Waals surface area contributed by atoms with Crippen molar-refractivity contribution in [2.24, 2.45) is 0 Å². The fraction of sp³-hybridized carbons (Fsp3) is 0.125. The number of carbonyl (C=O) groups is 1. The fourth-order valence-electron chi connectivity index (χ4n) is 3.35. The van der Waals surface area contributed by atoms with Crippen LogP contribution in [-0.4, -0.2) is 35.9 Å². The topological polar surface area (TPSA) is 98.1 Å². The highest BCUT2D eigenvalue weighted by Gasteiger charge is 2.16. The predicted molar refractivity (Wildman–Crippen MR) is 131 cm³/mol. The molecular formula is C24H21N3O4S2. The Bertz CT molecular complexity index is 1510. The van der Waals surface area contributed by atoms with Crippen molar-refractivity contribution in [3.63, 3.8) is 0 Å². The highest BCUT2D eigenvalue weighted by atomic mass is 32.2. The first-order valence-electron chi connectivity index (χ1n) is 10.0. The van der Waals surface area contributed by atoms with E-state index >= 15 is 0 Å². The zero-order chi connectivity index (χ0) is 23.6. The van der Waals surface area contributed by atoms with E-state index in [1.54, 1.807) is 18.2 Å². The summed E-state index contributed by atoms with van der Waals surface area (Å²) in [4.78, 5) is 30.7. The molecule has 0 unspecified atom stereocenters. The minimum absolute atomic E-state index is 0.0183. The average molecular weight is 480 g/mol. The lowest BCUT2D eigenvalue weighted by molar-refractivity contribution is -0.113. The van der Waals surface area contributed by atoms with Gasteiger partial charge < -0.3 is 5.32 Å². The van der Waals surface area contributed by atoms with Gasteiger partial charge in [0.05, 0.1) is 27.2 Å². The van der Waals surface area contributed by atoms with Crippen LogP contribution in [0.25, 0.3) is 16.6 Å². The molecule has 168 valence electrons. The lowest BCUT2D eigenvalue weighted by atomic mass is 10.2. The molecule has 7 nitrogen and oxygen atoms in total. The summed E-state index contributed by atoms with van der Waals surface area (Å²) in [6.45, 7) is 1.91. The van der Waals surface area contributed by atoms with Crippen molar-refractivity contribution in [1.29, 1.82) is 0 Å². The third kappa shape index (κ3) is 4.99. The highest BCUT2D eigenvalue weighted by molar-refractivity contribution is 7.99. The molecule has 0 fully saturated rings. The van der Waals surface area contributed by atoms with Gasteiger partial charge in [-0.05, 0) is 55.0 Å². The van der Waals surface area contributed by atoms with Gasteiger partial charge >= 0.3 is 0 Å². The minimum Gasteiger partial charge on any atom is -0.325 e. The quantitative estimate of drug-likeness (QED) is 0.333. The van der Waals surface area contributed by atoms with Crippen LogP contribution in [0, 0.1) is 6.92 Å². The number of benzene rings is 3. The molecule has 33 heavy (non-hydrogen) atoms. The Balaban J connectivity index is 1.62. The molecule has 1 amide bonds. The van der Waals surface area contributed by atoms with Crippen LogP contribution in [-0.2, 0) is 14.6 Å². The van der Waals surface area contributed by atoms with Crippen LogP contribution in [0.1, 0.15) is 5.56 Å². The van der Waals surface area contributed by atoms with Crippen LogP contribution >= 0.6 is 11.8 Å². The van der Waals surface area contributed by atoms with Gasteiger partial charge in [-0.3, -0.25) is 14.2 Å². The Hall–Kier alpha value is -3.43. The summed E-state index contributed by atoms with van der Waals surface area (Å²) in [6.07, 6.45) is 1.13. The van der Waals surface area contributed by atoms with Crippen molar-refractivity contribution < 1.29 is 13.2 Å². The standard InChI is InChI=1S/C24H21N3O4S2/c1-16-7-3-6-10-21(16)27-23(29)19-8-4-5-9-20(19)26-24(27)32-15-22(28)25-17-11-13-18(14-12-17)33(2,30)31/h3-14H,15H2,1-2H3,(H,25,28). The summed E-state index contributed by atoms with van der Waals surface area (Å²) in [7, 11) is -3.31. The van der Waals surface area contributed by atoms with Gasteiger partial charge in [0.25, 0.3) is 5.56 Å². The van der Waals surface area contributed by atoms with Crippen LogP contribution in [0.2, 0.25) is 0 Å². The van der Waals surface area contributed by atoms with Gasteiger partial charge in [-0.15, -0.1) is 0 Å². The fourth-order valence-corrected chi connectivity index (χ4v) is 4.78. The van der Waals surface area contributed by atoms with Crippen molar-refractivity contribution in [3.8, 4) is 5.69 Å². The number of thioether (sulfide) groups is 1. The third-order valence-electron chi connectivity index (χ3n) is 5.00. The second-order valence-corrected chi connectivity index (χ2v) is 10.4. The molecule has 3 aromatic carbocycles. The monoisotopic (exact) mass is 479 g/mol. The largest absolute Gasteiger partial charge is 0.325 e. The van der Waals surface area contributed by atoms with Crippen LogP contribution in [0.4, 0.5) is 5.69 Å². The van der Waals surface area contributed by atoms with E-state index in [9.17, 15) is 18.0 Å². The number of nitrogens with one attached hydrogen (secondary N) is 1. The third-order valence-corrected chi connectivity index (χ3v) is 7.07. The Morgan fingerprint density at radius 3 is 2.36 bits per heavy atom. The maximum atomic E-state index is 13.3. The van der Waals surface area contributed by atoms with Gasteiger partial charge in [-0.1, -0.05) is 42.1 Å². The van der Waals surface area contributed by atoms with Gasteiger partial charge in [-0.25, -0.2) is 13.4 Å². The number of anilines is 1. The van der Waals surface area contributed by atoms with Crippen molar-refractivity contribution in [2.75, 3.05) is 17.3 Å². The molecule has 0 radical (unpaired) electrons. The molecule has 4 aromatic rings. The normalized spacial score (nSPS) is 11.5. The van der Waals surface area contributed by atoms with E-state index in [2.05, 4.69) is 10.3 Å². The molecule has 0 spiro atoms. The van der Waals surface area contributed by atoms with Gasteiger partial charge in [-0.2, -0.15) is 0 Å². The summed E-state index contributed by atoms with van der Waals surface area (Å²) in [5.74, 6) is -0.282. The molecule has 4 rings (SSSR count). The van der Waals surface area contributed by atoms with Gasteiger partial charge in [0, 0.05) is 11.9 Å². The molecule has 0 aliphatic heterocycles. The van der Waals surface area contributed by atoms with E-state index in [4.69, 9.17) is 0 Å². The maximum absolute atomic E-state index is 13.3. The van der Waals surface area contributed by atoms with Gasteiger partial charge in [0.2, 0.25) is 5.91 Å². The number of para-hydroxylation sites is 2. The number of hydrogen-bond acceptors (Lipinski definition) is 6. The molecule has 0 saturated carbocycles. The smallest absolute Gasteiger partial charge is 0.266 e.